The first kappa shape index (κ1) is 19.8. The van der Waals surface area contributed by atoms with Gasteiger partial charge in [-0.1, -0.05) is 17.8 Å². The van der Waals surface area contributed by atoms with Gasteiger partial charge in [0.25, 0.3) is 0 Å². The number of carboxylic acid groups (broad SMARTS) is 1. The van der Waals surface area contributed by atoms with Gasteiger partial charge in [-0.05, 0) is 49.4 Å². The van der Waals surface area contributed by atoms with Gasteiger partial charge in [0.1, 0.15) is 11.5 Å². The van der Waals surface area contributed by atoms with E-state index in [9.17, 15) is 4.79 Å². The van der Waals surface area contributed by atoms with Crippen LogP contribution in [0, 0.1) is 0 Å². The molecule has 0 radical (unpaired) electrons. The number of ether oxygens (including phenoxy) is 2. The van der Waals surface area contributed by atoms with Crippen molar-refractivity contribution in [2.75, 3.05) is 19.5 Å². The molecule has 28 heavy (non-hydrogen) atoms. The molecule has 0 saturated carbocycles. The minimum atomic E-state index is -0.970. The van der Waals surface area contributed by atoms with Crippen LogP contribution in [0.1, 0.15) is 17.3 Å². The van der Waals surface area contributed by atoms with Crippen molar-refractivity contribution < 1.29 is 19.4 Å². The lowest BCUT2D eigenvalue weighted by Gasteiger charge is -2.09. The maximum absolute atomic E-state index is 11.0. The van der Waals surface area contributed by atoms with Crippen LogP contribution in [0.5, 0.6) is 11.5 Å². The molecular formula is C20H21N3O4S. The number of carbonyl (C=O) groups is 1. The van der Waals surface area contributed by atoms with Gasteiger partial charge in [-0.3, -0.25) is 0 Å². The van der Waals surface area contributed by atoms with Crippen molar-refractivity contribution >= 4 is 17.7 Å². The van der Waals surface area contributed by atoms with Crippen LogP contribution < -0.4 is 9.47 Å². The molecule has 0 saturated heterocycles. The average molecular weight is 399 g/mol. The lowest BCUT2D eigenvalue weighted by Crippen LogP contribution is -2.04. The molecule has 0 fully saturated rings. The Balaban J connectivity index is 1.61. The summed E-state index contributed by atoms with van der Waals surface area (Å²) in [5.74, 6) is 1.84. The fourth-order valence-electron chi connectivity index (χ4n) is 2.65. The van der Waals surface area contributed by atoms with Crippen LogP contribution in [-0.4, -0.2) is 45.3 Å². The quantitative estimate of drug-likeness (QED) is 0.432. The van der Waals surface area contributed by atoms with Gasteiger partial charge in [-0.25, -0.2) is 4.79 Å². The lowest BCUT2D eigenvalue weighted by molar-refractivity contribution is 0.0696. The molecule has 0 spiro atoms. The van der Waals surface area contributed by atoms with Crippen molar-refractivity contribution in [2.45, 2.75) is 18.6 Å². The van der Waals surface area contributed by atoms with Gasteiger partial charge in [-0.15, -0.1) is 10.2 Å². The van der Waals surface area contributed by atoms with Crippen LogP contribution >= 0.6 is 11.8 Å². The molecule has 0 bridgehead atoms. The van der Waals surface area contributed by atoms with E-state index in [0.717, 1.165) is 28.8 Å². The smallest absolute Gasteiger partial charge is 0.335 e. The average Bonchev–Trinajstić information content (AvgIpc) is 3.14. The van der Waals surface area contributed by atoms with Crippen molar-refractivity contribution in [1.82, 2.24) is 14.8 Å². The summed E-state index contributed by atoms with van der Waals surface area (Å²) in [6.07, 6.45) is 0. The zero-order chi connectivity index (χ0) is 19.9. The number of aromatic nitrogens is 3. The van der Waals surface area contributed by atoms with E-state index < -0.39 is 5.97 Å². The molecule has 0 aliphatic heterocycles. The van der Waals surface area contributed by atoms with Crippen LogP contribution in [0.15, 0.2) is 53.7 Å². The second-order valence-electron chi connectivity index (χ2n) is 5.81. The predicted molar refractivity (Wildman–Crippen MR) is 107 cm³/mol. The molecule has 3 aromatic rings. The highest BCUT2D eigenvalue weighted by Crippen LogP contribution is 2.25. The normalized spacial score (nSPS) is 10.6. The van der Waals surface area contributed by atoms with Crippen molar-refractivity contribution in [1.29, 1.82) is 0 Å². The van der Waals surface area contributed by atoms with Gasteiger partial charge >= 0.3 is 5.97 Å². The minimum absolute atomic E-state index is 0.208. The van der Waals surface area contributed by atoms with Crippen LogP contribution in [-0.2, 0) is 6.54 Å². The lowest BCUT2D eigenvalue weighted by atomic mass is 10.2. The second kappa shape index (κ2) is 9.27. The fraction of sp³-hybridized carbons (Fsp3) is 0.250. The van der Waals surface area contributed by atoms with Crippen LogP contribution in [0.4, 0.5) is 0 Å². The molecule has 1 N–H and O–H groups in total. The first-order valence-electron chi connectivity index (χ1n) is 8.79. The number of methoxy groups -OCH3 is 1. The standard InChI is InChI=1S/C20H21N3O4S/c1-3-23-18(14-7-9-16(26-2)10-8-14)21-22-20(23)28-12-11-27-17-6-4-5-15(13-17)19(24)25/h4-10,13H,3,11-12H2,1-2H3,(H,24,25). The van der Waals surface area contributed by atoms with E-state index >= 15 is 0 Å². The van der Waals surface area contributed by atoms with E-state index in [4.69, 9.17) is 14.6 Å². The summed E-state index contributed by atoms with van der Waals surface area (Å²) in [6.45, 7) is 3.23. The topological polar surface area (TPSA) is 86.5 Å². The van der Waals surface area contributed by atoms with Crippen molar-refractivity contribution in [3.63, 3.8) is 0 Å². The molecule has 1 aromatic heterocycles. The summed E-state index contributed by atoms with van der Waals surface area (Å²) >= 11 is 1.55. The molecule has 1 heterocycles. The Bertz CT molecular complexity index is 941. The van der Waals surface area contributed by atoms with Crippen molar-refractivity contribution in [3.8, 4) is 22.9 Å². The highest BCUT2D eigenvalue weighted by molar-refractivity contribution is 7.99. The molecule has 0 unspecified atom stereocenters. The number of hydrogen-bond acceptors (Lipinski definition) is 6. The maximum Gasteiger partial charge on any atom is 0.335 e. The molecule has 0 aliphatic carbocycles. The molecule has 3 rings (SSSR count). The number of carboxylic acids is 1. The highest BCUT2D eigenvalue weighted by Gasteiger charge is 2.13. The summed E-state index contributed by atoms with van der Waals surface area (Å²) in [4.78, 5) is 11.0. The van der Waals surface area contributed by atoms with Gasteiger partial charge in [0, 0.05) is 17.9 Å². The number of nitrogens with zero attached hydrogens (tertiary/aromatic N) is 3. The summed E-state index contributed by atoms with van der Waals surface area (Å²) < 4.78 is 12.9. The largest absolute Gasteiger partial charge is 0.497 e. The van der Waals surface area contributed by atoms with E-state index in [1.165, 1.54) is 12.1 Å². The summed E-state index contributed by atoms with van der Waals surface area (Å²) in [5, 5.41) is 18.5. The summed E-state index contributed by atoms with van der Waals surface area (Å²) in [5.41, 5.74) is 1.18. The van der Waals surface area contributed by atoms with Crippen molar-refractivity contribution in [2.24, 2.45) is 0 Å². The molecule has 2 aromatic carbocycles. The number of thioether (sulfide) groups is 1. The highest BCUT2D eigenvalue weighted by atomic mass is 32.2. The van der Waals surface area contributed by atoms with Gasteiger partial charge < -0.3 is 19.1 Å². The minimum Gasteiger partial charge on any atom is -0.497 e. The summed E-state index contributed by atoms with van der Waals surface area (Å²) in [7, 11) is 1.64. The molecule has 8 heteroatoms. The zero-order valence-electron chi connectivity index (χ0n) is 15.7. The van der Waals surface area contributed by atoms with E-state index in [0.29, 0.717) is 18.1 Å². The molecule has 146 valence electrons. The van der Waals surface area contributed by atoms with Gasteiger partial charge in [-0.2, -0.15) is 0 Å². The monoisotopic (exact) mass is 399 g/mol. The fourth-order valence-corrected chi connectivity index (χ4v) is 3.46. The van der Waals surface area contributed by atoms with Gasteiger partial charge in [0.05, 0.1) is 19.3 Å². The van der Waals surface area contributed by atoms with Crippen LogP contribution in [0.25, 0.3) is 11.4 Å². The third-order valence-corrected chi connectivity index (χ3v) is 4.98. The van der Waals surface area contributed by atoms with Gasteiger partial charge in [0.2, 0.25) is 0 Å². The number of aromatic carboxylic acids is 1. The van der Waals surface area contributed by atoms with Crippen LogP contribution in [0.2, 0.25) is 0 Å². The van der Waals surface area contributed by atoms with Gasteiger partial charge in [0.15, 0.2) is 11.0 Å². The Labute approximate surface area is 167 Å². The number of rotatable bonds is 9. The molecule has 7 nitrogen and oxygen atoms in total. The van der Waals surface area contributed by atoms with E-state index in [1.807, 2.05) is 31.2 Å². The Hall–Kier alpha value is -3.00. The molecule has 0 aliphatic rings. The second-order valence-corrected chi connectivity index (χ2v) is 6.87. The number of benzene rings is 2. The predicted octanol–water partition coefficient (Wildman–Crippen LogP) is 3.84. The van der Waals surface area contributed by atoms with Crippen LogP contribution in [0.3, 0.4) is 0 Å². The van der Waals surface area contributed by atoms with E-state index in [2.05, 4.69) is 14.8 Å². The Kier molecular flexibility index (Phi) is 6.54. The third-order valence-electron chi connectivity index (χ3n) is 4.05. The molecule has 0 atom stereocenters. The zero-order valence-corrected chi connectivity index (χ0v) is 16.5. The van der Waals surface area contributed by atoms with Crippen molar-refractivity contribution in [3.05, 3.63) is 54.1 Å². The van der Waals surface area contributed by atoms with E-state index in [-0.39, 0.29) is 5.56 Å². The Morgan fingerprint density at radius 1 is 1.14 bits per heavy atom. The third kappa shape index (κ3) is 4.64. The Morgan fingerprint density at radius 2 is 1.93 bits per heavy atom. The maximum atomic E-state index is 11.0. The van der Waals surface area contributed by atoms with E-state index in [1.54, 1.807) is 31.0 Å². The SMILES string of the molecule is CCn1c(SCCOc2cccc(C(=O)O)c2)nnc1-c1ccc(OC)cc1. The molecule has 0 amide bonds. The molecular weight excluding hydrogens is 378 g/mol. The Morgan fingerprint density at radius 3 is 2.61 bits per heavy atom. The summed E-state index contributed by atoms with van der Waals surface area (Å²) in [6, 6.07) is 14.2. The first-order valence-corrected chi connectivity index (χ1v) is 9.77. The number of hydrogen-bond donors (Lipinski definition) is 1. The first-order chi connectivity index (χ1) is 13.6.